The van der Waals surface area contributed by atoms with Gasteiger partial charge in [-0.05, 0) is 48.3 Å². The zero-order valence-corrected chi connectivity index (χ0v) is 14.3. The topological polar surface area (TPSA) is 0 Å². The minimum Gasteiger partial charge on any atom is -0.0651 e. The average molecular weight is 255 g/mol. The van der Waals surface area contributed by atoms with Crippen molar-refractivity contribution in [2.24, 2.45) is 35.5 Å². The van der Waals surface area contributed by atoms with Crippen LogP contribution < -0.4 is 0 Å². The van der Waals surface area contributed by atoms with Crippen LogP contribution in [0.1, 0.15) is 81.1 Å². The van der Waals surface area contributed by atoms with Gasteiger partial charge in [0.15, 0.2) is 0 Å². The molecule has 0 rings (SSSR count). The Bertz CT molecular complexity index is 194. The number of hydrogen-bond acceptors (Lipinski definition) is 0. The van der Waals surface area contributed by atoms with Crippen LogP contribution in [0.2, 0.25) is 0 Å². The molecule has 0 saturated heterocycles. The van der Waals surface area contributed by atoms with E-state index in [1.165, 1.54) is 25.7 Å². The number of rotatable bonds is 9. The summed E-state index contributed by atoms with van der Waals surface area (Å²) in [5.74, 6) is 5.26. The summed E-state index contributed by atoms with van der Waals surface area (Å²) in [6.07, 6.45) is 5.47. The predicted molar refractivity (Wildman–Crippen MR) is 84.8 cm³/mol. The summed E-state index contributed by atoms with van der Waals surface area (Å²) >= 11 is 0. The maximum Gasteiger partial charge on any atom is -0.0358 e. The first-order valence-electron chi connectivity index (χ1n) is 8.33. The first-order chi connectivity index (χ1) is 8.33. The second-order valence-electron chi connectivity index (χ2n) is 7.26. The fourth-order valence-electron chi connectivity index (χ4n) is 3.31. The summed E-state index contributed by atoms with van der Waals surface area (Å²) in [5.41, 5.74) is 0. The van der Waals surface area contributed by atoms with Gasteiger partial charge in [0.1, 0.15) is 0 Å². The van der Waals surface area contributed by atoms with Gasteiger partial charge in [-0.1, -0.05) is 68.2 Å². The van der Waals surface area contributed by atoms with Crippen molar-refractivity contribution >= 4 is 0 Å². The molecule has 0 aliphatic rings. The lowest BCUT2D eigenvalue weighted by molar-refractivity contribution is 0.143. The van der Waals surface area contributed by atoms with Gasteiger partial charge in [-0.2, -0.15) is 0 Å². The Kier molecular flexibility index (Phi) is 8.99. The lowest BCUT2D eigenvalue weighted by Crippen LogP contribution is -2.27. The fourth-order valence-corrected chi connectivity index (χ4v) is 3.31. The normalized spacial score (nSPS) is 20.5. The highest BCUT2D eigenvalue weighted by Gasteiger charge is 2.28. The van der Waals surface area contributed by atoms with Crippen molar-refractivity contribution in [1.29, 1.82) is 0 Å². The standard InChI is InChI=1S/C18H38/c1-9-14(5)12-18(16(7)11-13(3)4)17(8)15(6)10-2/h13-18H,9-12H2,1-8H3. The summed E-state index contributed by atoms with van der Waals surface area (Å²) < 4.78 is 0. The second-order valence-corrected chi connectivity index (χ2v) is 7.26. The SMILES string of the molecule is CCC(C)CC(C(C)CC(C)C)C(C)C(C)CC. The Morgan fingerprint density at radius 3 is 1.61 bits per heavy atom. The molecule has 0 spiro atoms. The van der Waals surface area contributed by atoms with Gasteiger partial charge in [-0.3, -0.25) is 0 Å². The van der Waals surface area contributed by atoms with E-state index in [2.05, 4.69) is 55.4 Å². The third-order valence-corrected chi connectivity index (χ3v) is 5.16. The predicted octanol–water partition coefficient (Wildman–Crippen LogP) is 6.40. The molecule has 0 heterocycles. The van der Waals surface area contributed by atoms with Gasteiger partial charge in [-0.15, -0.1) is 0 Å². The molecule has 0 nitrogen and oxygen atoms in total. The lowest BCUT2D eigenvalue weighted by atomic mass is 9.70. The molecular weight excluding hydrogens is 216 g/mol. The van der Waals surface area contributed by atoms with E-state index in [1.54, 1.807) is 0 Å². The Morgan fingerprint density at radius 2 is 1.22 bits per heavy atom. The molecule has 18 heavy (non-hydrogen) atoms. The summed E-state index contributed by atoms with van der Waals surface area (Å²) in [6, 6.07) is 0. The molecule has 0 fully saturated rings. The summed E-state index contributed by atoms with van der Waals surface area (Å²) in [6.45, 7) is 19.3. The zero-order valence-electron chi connectivity index (χ0n) is 14.3. The van der Waals surface area contributed by atoms with Gasteiger partial charge in [0.05, 0.1) is 0 Å². The Hall–Kier alpha value is 0. The van der Waals surface area contributed by atoms with Gasteiger partial charge in [0.2, 0.25) is 0 Å². The monoisotopic (exact) mass is 254 g/mol. The Balaban J connectivity index is 4.69. The minimum atomic E-state index is 0.837. The van der Waals surface area contributed by atoms with Crippen LogP contribution in [0.4, 0.5) is 0 Å². The Labute approximate surface area is 117 Å². The molecule has 110 valence electrons. The fraction of sp³-hybridized carbons (Fsp3) is 1.00. The molecule has 0 N–H and O–H groups in total. The molecule has 0 heteroatoms. The average Bonchev–Trinajstić information content (AvgIpc) is 2.32. The Morgan fingerprint density at radius 1 is 0.667 bits per heavy atom. The molecule has 0 saturated carbocycles. The van der Waals surface area contributed by atoms with E-state index < -0.39 is 0 Å². The van der Waals surface area contributed by atoms with Crippen LogP contribution in [0.3, 0.4) is 0 Å². The van der Waals surface area contributed by atoms with Crippen LogP contribution in [0.15, 0.2) is 0 Å². The van der Waals surface area contributed by atoms with Crippen molar-refractivity contribution in [1.82, 2.24) is 0 Å². The van der Waals surface area contributed by atoms with Crippen molar-refractivity contribution in [2.75, 3.05) is 0 Å². The summed E-state index contributed by atoms with van der Waals surface area (Å²) in [5, 5.41) is 0. The summed E-state index contributed by atoms with van der Waals surface area (Å²) in [7, 11) is 0. The highest BCUT2D eigenvalue weighted by Crippen LogP contribution is 2.37. The molecule has 0 radical (unpaired) electrons. The van der Waals surface area contributed by atoms with Crippen LogP contribution in [-0.2, 0) is 0 Å². The van der Waals surface area contributed by atoms with Crippen LogP contribution in [0.5, 0.6) is 0 Å². The lowest BCUT2D eigenvalue weighted by Gasteiger charge is -2.35. The van der Waals surface area contributed by atoms with E-state index in [4.69, 9.17) is 0 Å². The van der Waals surface area contributed by atoms with Crippen molar-refractivity contribution < 1.29 is 0 Å². The molecule has 0 aromatic rings. The maximum atomic E-state index is 2.50. The van der Waals surface area contributed by atoms with Gasteiger partial charge < -0.3 is 0 Å². The van der Waals surface area contributed by atoms with Gasteiger partial charge in [-0.25, -0.2) is 0 Å². The number of hydrogen-bond donors (Lipinski definition) is 0. The molecular formula is C18H38. The molecule has 0 aliphatic carbocycles. The molecule has 0 aliphatic heterocycles. The van der Waals surface area contributed by atoms with Crippen molar-refractivity contribution in [3.63, 3.8) is 0 Å². The molecule has 0 aromatic heterocycles. The summed E-state index contributed by atoms with van der Waals surface area (Å²) in [4.78, 5) is 0. The molecule has 0 aromatic carbocycles. The van der Waals surface area contributed by atoms with E-state index in [9.17, 15) is 0 Å². The smallest absolute Gasteiger partial charge is 0.0358 e. The largest absolute Gasteiger partial charge is 0.0651 e. The van der Waals surface area contributed by atoms with Crippen molar-refractivity contribution in [2.45, 2.75) is 81.1 Å². The first kappa shape index (κ1) is 18.0. The van der Waals surface area contributed by atoms with E-state index in [0.717, 1.165) is 35.5 Å². The van der Waals surface area contributed by atoms with E-state index >= 15 is 0 Å². The molecule has 0 amide bonds. The third kappa shape index (κ3) is 6.25. The molecule has 5 unspecified atom stereocenters. The van der Waals surface area contributed by atoms with Crippen LogP contribution in [-0.4, -0.2) is 0 Å². The highest BCUT2D eigenvalue weighted by atomic mass is 14.3. The quantitative estimate of drug-likeness (QED) is 0.446. The highest BCUT2D eigenvalue weighted by molar-refractivity contribution is 4.77. The third-order valence-electron chi connectivity index (χ3n) is 5.16. The van der Waals surface area contributed by atoms with E-state index in [1.807, 2.05) is 0 Å². The van der Waals surface area contributed by atoms with Crippen LogP contribution in [0, 0.1) is 35.5 Å². The van der Waals surface area contributed by atoms with Crippen LogP contribution >= 0.6 is 0 Å². The van der Waals surface area contributed by atoms with Crippen molar-refractivity contribution in [3.8, 4) is 0 Å². The van der Waals surface area contributed by atoms with Gasteiger partial charge in [0, 0.05) is 0 Å². The maximum absolute atomic E-state index is 2.50. The van der Waals surface area contributed by atoms with Gasteiger partial charge in [0.25, 0.3) is 0 Å². The first-order valence-corrected chi connectivity index (χ1v) is 8.33. The zero-order chi connectivity index (χ0) is 14.3. The minimum absolute atomic E-state index is 0.837. The van der Waals surface area contributed by atoms with Crippen LogP contribution in [0.25, 0.3) is 0 Å². The van der Waals surface area contributed by atoms with E-state index in [0.29, 0.717) is 0 Å². The second kappa shape index (κ2) is 8.99. The molecule has 5 atom stereocenters. The molecule has 0 bridgehead atoms. The van der Waals surface area contributed by atoms with Gasteiger partial charge >= 0.3 is 0 Å². The van der Waals surface area contributed by atoms with E-state index in [-0.39, 0.29) is 0 Å². The van der Waals surface area contributed by atoms with Crippen molar-refractivity contribution in [3.05, 3.63) is 0 Å².